The van der Waals surface area contributed by atoms with Gasteiger partial charge in [-0.3, -0.25) is 0 Å². The third-order valence-electron chi connectivity index (χ3n) is 2.39. The van der Waals surface area contributed by atoms with Gasteiger partial charge in [-0.1, -0.05) is 11.2 Å². The molecule has 17 heavy (non-hydrogen) atoms. The fraction of sp³-hybridized carbons (Fsp3) is 0.308. The first kappa shape index (κ1) is 12.9. The molecule has 0 radical (unpaired) electrons. The number of hydrogen-bond acceptors (Lipinski definition) is 4. The molecule has 2 heterocycles. The second kappa shape index (κ2) is 5.80. The lowest BCUT2D eigenvalue weighted by Crippen LogP contribution is -1.83. The average Bonchev–Trinajstić information content (AvgIpc) is 2.61. The number of aromatic nitrogens is 2. The molecule has 0 saturated heterocycles. The summed E-state index contributed by atoms with van der Waals surface area (Å²) in [6.45, 7) is 7.71. The van der Waals surface area contributed by atoms with Gasteiger partial charge in [-0.15, -0.1) is 0 Å². The van der Waals surface area contributed by atoms with E-state index in [9.17, 15) is 0 Å². The maximum absolute atomic E-state index is 8.35. The van der Waals surface area contributed by atoms with Gasteiger partial charge >= 0.3 is 0 Å². The van der Waals surface area contributed by atoms with Crippen LogP contribution in [0.15, 0.2) is 22.7 Å². The molecule has 0 bridgehead atoms. The van der Waals surface area contributed by atoms with Crippen molar-refractivity contribution in [2.45, 2.75) is 27.7 Å². The van der Waals surface area contributed by atoms with Gasteiger partial charge in [0.1, 0.15) is 17.5 Å². The highest BCUT2D eigenvalue weighted by Crippen LogP contribution is 2.08. The van der Waals surface area contributed by atoms with E-state index in [4.69, 9.17) is 9.78 Å². The molecule has 2 aromatic heterocycles. The van der Waals surface area contributed by atoms with Crippen LogP contribution < -0.4 is 0 Å². The summed E-state index contributed by atoms with van der Waals surface area (Å²) in [6.07, 6.45) is 0. The Morgan fingerprint density at radius 3 is 2.18 bits per heavy atom. The molecule has 0 aliphatic rings. The van der Waals surface area contributed by atoms with Gasteiger partial charge in [0.05, 0.1) is 5.69 Å². The zero-order chi connectivity index (χ0) is 12.8. The Balaban J connectivity index is 0.000000171. The first-order chi connectivity index (χ1) is 8.04. The van der Waals surface area contributed by atoms with E-state index in [1.54, 1.807) is 6.07 Å². The van der Waals surface area contributed by atoms with Crippen LogP contribution in [0.5, 0.6) is 0 Å². The van der Waals surface area contributed by atoms with Crippen molar-refractivity contribution in [3.63, 3.8) is 0 Å². The third kappa shape index (κ3) is 3.72. The number of nitrogens with zero attached hydrogens (tertiary/aromatic N) is 3. The summed E-state index contributed by atoms with van der Waals surface area (Å²) in [4.78, 5) is 3.93. The van der Waals surface area contributed by atoms with E-state index in [-0.39, 0.29) is 0 Å². The van der Waals surface area contributed by atoms with Gasteiger partial charge in [0.25, 0.3) is 0 Å². The van der Waals surface area contributed by atoms with Crippen LogP contribution in [0.4, 0.5) is 0 Å². The first-order valence-electron chi connectivity index (χ1n) is 5.28. The third-order valence-corrected chi connectivity index (χ3v) is 2.39. The average molecular weight is 229 g/mol. The monoisotopic (exact) mass is 229 g/mol. The largest absolute Gasteiger partial charge is 0.361 e. The molecule has 0 spiro atoms. The topological polar surface area (TPSA) is 62.7 Å². The van der Waals surface area contributed by atoms with E-state index in [1.165, 1.54) is 0 Å². The number of rotatable bonds is 0. The minimum Gasteiger partial charge on any atom is -0.361 e. The summed E-state index contributed by atoms with van der Waals surface area (Å²) < 4.78 is 4.84. The van der Waals surface area contributed by atoms with Crippen LogP contribution in [0.3, 0.4) is 0 Å². The Morgan fingerprint density at radius 2 is 1.88 bits per heavy atom. The minimum absolute atomic E-state index is 0.481. The summed E-state index contributed by atoms with van der Waals surface area (Å²) in [5.74, 6) is 0.919. The Morgan fingerprint density at radius 1 is 1.18 bits per heavy atom. The summed E-state index contributed by atoms with van der Waals surface area (Å²) in [5, 5.41) is 12.1. The highest BCUT2D eigenvalue weighted by Gasteiger charge is 1.99. The smallest absolute Gasteiger partial charge is 0.140 e. The van der Waals surface area contributed by atoms with Crippen LogP contribution in [-0.2, 0) is 0 Å². The lowest BCUT2D eigenvalue weighted by atomic mass is 10.2. The van der Waals surface area contributed by atoms with Gasteiger partial charge in [0, 0.05) is 11.3 Å². The fourth-order valence-electron chi connectivity index (χ4n) is 1.13. The lowest BCUT2D eigenvalue weighted by molar-refractivity contribution is 0.392. The van der Waals surface area contributed by atoms with Crippen LogP contribution in [0.25, 0.3) is 0 Å². The van der Waals surface area contributed by atoms with Crippen LogP contribution in [-0.4, -0.2) is 10.1 Å². The van der Waals surface area contributed by atoms with Gasteiger partial charge < -0.3 is 4.52 Å². The zero-order valence-electron chi connectivity index (χ0n) is 10.5. The molecule has 0 N–H and O–H groups in total. The van der Waals surface area contributed by atoms with Gasteiger partial charge in [0.2, 0.25) is 0 Å². The normalized spacial score (nSPS) is 9.12. The van der Waals surface area contributed by atoms with Crippen LogP contribution in [0, 0.1) is 39.0 Å². The van der Waals surface area contributed by atoms with Crippen LogP contribution in [0.2, 0.25) is 0 Å². The van der Waals surface area contributed by atoms with E-state index in [0.717, 1.165) is 22.7 Å². The maximum Gasteiger partial charge on any atom is 0.140 e. The van der Waals surface area contributed by atoms with E-state index in [1.807, 2.05) is 45.9 Å². The fourth-order valence-corrected chi connectivity index (χ4v) is 1.13. The van der Waals surface area contributed by atoms with E-state index in [0.29, 0.717) is 5.69 Å². The summed E-state index contributed by atoms with van der Waals surface area (Å²) in [5.41, 5.74) is 3.51. The molecular weight excluding hydrogens is 214 g/mol. The number of pyridine rings is 1. The molecule has 0 aromatic carbocycles. The zero-order valence-corrected chi connectivity index (χ0v) is 10.5. The van der Waals surface area contributed by atoms with Crippen molar-refractivity contribution < 1.29 is 4.52 Å². The van der Waals surface area contributed by atoms with Crippen molar-refractivity contribution in [1.82, 2.24) is 10.1 Å². The van der Waals surface area contributed by atoms with E-state index in [2.05, 4.69) is 10.1 Å². The highest BCUT2D eigenvalue weighted by molar-refractivity contribution is 5.21. The van der Waals surface area contributed by atoms with Crippen molar-refractivity contribution in [1.29, 1.82) is 5.26 Å². The summed E-state index contributed by atoms with van der Waals surface area (Å²) >= 11 is 0. The molecule has 4 heteroatoms. The number of hydrogen-bond donors (Lipinski definition) is 0. The van der Waals surface area contributed by atoms with Crippen molar-refractivity contribution >= 4 is 0 Å². The van der Waals surface area contributed by atoms with Crippen molar-refractivity contribution in [2.75, 3.05) is 0 Å². The SMILES string of the molecule is Cc1cccc(C#N)n1.Cc1noc(C)c1C. The first-order valence-corrected chi connectivity index (χ1v) is 5.28. The second-order valence-electron chi connectivity index (χ2n) is 3.73. The van der Waals surface area contributed by atoms with Gasteiger partial charge in [-0.05, 0) is 39.8 Å². The molecule has 0 amide bonds. The Bertz CT molecular complexity index is 518. The summed E-state index contributed by atoms with van der Waals surface area (Å²) in [7, 11) is 0. The molecule has 4 nitrogen and oxygen atoms in total. The molecule has 0 saturated carbocycles. The predicted octanol–water partition coefficient (Wildman–Crippen LogP) is 2.86. The van der Waals surface area contributed by atoms with Crippen LogP contribution >= 0.6 is 0 Å². The van der Waals surface area contributed by atoms with Crippen molar-refractivity contribution in [2.24, 2.45) is 0 Å². The number of nitriles is 1. The molecular formula is C13H15N3O. The van der Waals surface area contributed by atoms with Crippen molar-refractivity contribution in [3.8, 4) is 6.07 Å². The Hall–Kier alpha value is -2.15. The molecule has 0 aliphatic heterocycles. The summed E-state index contributed by atoms with van der Waals surface area (Å²) in [6, 6.07) is 7.33. The van der Waals surface area contributed by atoms with Crippen LogP contribution in [0.1, 0.15) is 28.4 Å². The second-order valence-corrected chi connectivity index (χ2v) is 3.73. The Labute approximate surface area is 101 Å². The van der Waals surface area contributed by atoms with E-state index < -0.39 is 0 Å². The van der Waals surface area contributed by atoms with E-state index >= 15 is 0 Å². The molecule has 2 rings (SSSR count). The van der Waals surface area contributed by atoms with Gasteiger partial charge in [0.15, 0.2) is 0 Å². The number of aryl methyl sites for hydroxylation is 3. The maximum atomic E-state index is 8.35. The lowest BCUT2D eigenvalue weighted by Gasteiger charge is -1.88. The quantitative estimate of drug-likeness (QED) is 0.696. The standard InChI is InChI=1S/C7H6N2.C6H9NO/c1-6-3-2-4-7(5-8)9-6;1-4-5(2)7-8-6(4)3/h2-4H,1H3;1-3H3. The van der Waals surface area contributed by atoms with Crippen molar-refractivity contribution in [3.05, 3.63) is 46.6 Å². The predicted molar refractivity (Wildman–Crippen MR) is 64.4 cm³/mol. The molecule has 0 atom stereocenters. The molecule has 0 aliphatic carbocycles. The molecule has 88 valence electrons. The minimum atomic E-state index is 0.481. The molecule has 2 aromatic rings. The highest BCUT2D eigenvalue weighted by atomic mass is 16.5. The van der Waals surface area contributed by atoms with Gasteiger partial charge in [-0.25, -0.2) is 4.98 Å². The molecule has 0 unspecified atom stereocenters. The Kier molecular flexibility index (Phi) is 4.41. The van der Waals surface area contributed by atoms with Gasteiger partial charge in [-0.2, -0.15) is 5.26 Å². The molecule has 0 fully saturated rings.